The average Bonchev–Trinajstić information content (AvgIpc) is 3.33. The van der Waals surface area contributed by atoms with Gasteiger partial charge in [-0.2, -0.15) is 5.10 Å². The predicted octanol–water partition coefficient (Wildman–Crippen LogP) is 1.88. The summed E-state index contributed by atoms with van der Waals surface area (Å²) >= 11 is 0. The lowest BCUT2D eigenvalue weighted by Gasteiger charge is -2.23. The molecule has 1 amide bonds. The molecule has 7 nitrogen and oxygen atoms in total. The molecule has 4 rings (SSSR count). The Hall–Kier alpha value is -2.78. The van der Waals surface area contributed by atoms with Crippen molar-refractivity contribution < 1.29 is 13.6 Å². The van der Waals surface area contributed by atoms with Crippen molar-refractivity contribution >= 4 is 11.5 Å². The summed E-state index contributed by atoms with van der Waals surface area (Å²) in [5.41, 5.74) is 9.60. The van der Waals surface area contributed by atoms with E-state index in [4.69, 9.17) is 0 Å². The van der Waals surface area contributed by atoms with Crippen LogP contribution in [0.5, 0.6) is 0 Å². The van der Waals surface area contributed by atoms with Crippen molar-refractivity contribution in [1.29, 1.82) is 0 Å². The molecule has 0 unspecified atom stereocenters. The molecule has 1 saturated heterocycles. The van der Waals surface area contributed by atoms with Crippen LogP contribution in [-0.2, 0) is 18.4 Å². The Kier molecular flexibility index (Phi) is 5.83. The zero-order chi connectivity index (χ0) is 21.1. The van der Waals surface area contributed by atoms with Gasteiger partial charge in [0.05, 0.1) is 24.9 Å². The maximum atomic E-state index is 14.4. The molecule has 9 heteroatoms. The summed E-state index contributed by atoms with van der Waals surface area (Å²) in [5, 5.41) is 6.62. The molecule has 0 bridgehead atoms. The fraction of sp³-hybridized carbons (Fsp3) is 0.429. The largest absolute Gasteiger partial charge is 0.346 e. The summed E-state index contributed by atoms with van der Waals surface area (Å²) in [6, 6.07) is 5.79. The number of nitrogens with zero attached hydrogens (tertiary/aromatic N) is 3. The number of alkyl halides is 2. The van der Waals surface area contributed by atoms with Gasteiger partial charge in [0.1, 0.15) is 0 Å². The molecule has 3 N–H and O–H groups in total. The SMILES string of the molecule is Cn1cc(-c2ccc3c(c2)C(C(=O)NCC(F)(F)CN2CCCC2)=CNNC3)cn1. The third kappa shape index (κ3) is 4.68. The third-order valence-electron chi connectivity index (χ3n) is 5.44. The highest BCUT2D eigenvalue weighted by Crippen LogP contribution is 2.28. The molecule has 0 spiro atoms. The first-order valence-electron chi connectivity index (χ1n) is 10.1. The third-order valence-corrected chi connectivity index (χ3v) is 5.44. The van der Waals surface area contributed by atoms with Crippen molar-refractivity contribution in [1.82, 2.24) is 30.8 Å². The number of rotatable bonds is 6. The van der Waals surface area contributed by atoms with Gasteiger partial charge in [0, 0.05) is 31.6 Å². The average molecular weight is 416 g/mol. The lowest BCUT2D eigenvalue weighted by Crippen LogP contribution is -2.44. The number of hydrogen-bond acceptors (Lipinski definition) is 5. The number of hydrogen-bond donors (Lipinski definition) is 3. The monoisotopic (exact) mass is 416 g/mol. The maximum absolute atomic E-state index is 14.4. The van der Waals surface area contributed by atoms with Gasteiger partial charge < -0.3 is 10.7 Å². The van der Waals surface area contributed by atoms with E-state index in [1.165, 1.54) is 6.20 Å². The fourth-order valence-corrected chi connectivity index (χ4v) is 3.89. The number of nitrogens with one attached hydrogen (secondary N) is 3. The van der Waals surface area contributed by atoms with Crippen molar-refractivity contribution in [2.24, 2.45) is 7.05 Å². The second kappa shape index (κ2) is 8.53. The molecule has 0 atom stereocenters. The van der Waals surface area contributed by atoms with E-state index in [9.17, 15) is 13.6 Å². The van der Waals surface area contributed by atoms with Crippen LogP contribution in [0.3, 0.4) is 0 Å². The zero-order valence-electron chi connectivity index (χ0n) is 16.9. The van der Waals surface area contributed by atoms with E-state index in [-0.39, 0.29) is 6.54 Å². The standard InChI is InChI=1S/C21H26F2N6O/c1-28-12-17(10-27-28)15-4-5-16-9-25-26-11-19(18(16)8-15)20(30)24-13-21(22,23)14-29-6-2-3-7-29/h4-5,8,10-12,25-26H,2-3,6-7,9,13-14H2,1H3,(H,24,30). The van der Waals surface area contributed by atoms with Crippen LogP contribution in [0.1, 0.15) is 24.0 Å². The van der Waals surface area contributed by atoms with Gasteiger partial charge in [0.2, 0.25) is 0 Å². The highest BCUT2D eigenvalue weighted by molar-refractivity contribution is 6.20. The van der Waals surface area contributed by atoms with Gasteiger partial charge in [-0.1, -0.05) is 12.1 Å². The number of benzene rings is 1. The van der Waals surface area contributed by atoms with Crippen molar-refractivity contribution in [3.05, 3.63) is 47.9 Å². The number of likely N-dealkylation sites (tertiary alicyclic amines) is 1. The summed E-state index contributed by atoms with van der Waals surface area (Å²) in [4.78, 5) is 14.6. The van der Waals surface area contributed by atoms with Crippen LogP contribution in [0.2, 0.25) is 0 Å². The molecule has 0 radical (unpaired) electrons. The summed E-state index contributed by atoms with van der Waals surface area (Å²) < 4.78 is 30.4. The van der Waals surface area contributed by atoms with Crippen LogP contribution in [-0.4, -0.2) is 52.7 Å². The number of carbonyl (C=O) groups excluding carboxylic acids is 1. The number of hydrazine groups is 1. The Labute approximate surface area is 174 Å². The van der Waals surface area contributed by atoms with Crippen molar-refractivity contribution in [3.63, 3.8) is 0 Å². The normalized spacial score (nSPS) is 17.1. The van der Waals surface area contributed by atoms with E-state index in [2.05, 4.69) is 21.3 Å². The minimum absolute atomic E-state index is 0.317. The minimum Gasteiger partial charge on any atom is -0.346 e. The molecule has 0 saturated carbocycles. The molecule has 1 fully saturated rings. The topological polar surface area (TPSA) is 74.2 Å². The van der Waals surface area contributed by atoms with Crippen molar-refractivity contribution in [3.8, 4) is 11.1 Å². The number of amides is 1. The maximum Gasteiger partial charge on any atom is 0.277 e. The Morgan fingerprint density at radius 2 is 2.07 bits per heavy atom. The number of fused-ring (bicyclic) bond motifs is 1. The number of aryl methyl sites for hydroxylation is 1. The van der Waals surface area contributed by atoms with Gasteiger partial charge in [-0.3, -0.25) is 14.4 Å². The van der Waals surface area contributed by atoms with E-state index in [1.807, 2.05) is 31.4 Å². The molecule has 2 aliphatic heterocycles. The number of carbonyl (C=O) groups is 1. The Morgan fingerprint density at radius 3 is 2.80 bits per heavy atom. The van der Waals surface area contributed by atoms with Crippen LogP contribution < -0.4 is 16.2 Å². The van der Waals surface area contributed by atoms with E-state index in [0.717, 1.165) is 29.5 Å². The highest BCUT2D eigenvalue weighted by Gasteiger charge is 2.33. The number of halogens is 2. The molecule has 3 heterocycles. The van der Waals surface area contributed by atoms with E-state index < -0.39 is 18.4 Å². The van der Waals surface area contributed by atoms with Crippen LogP contribution >= 0.6 is 0 Å². The Morgan fingerprint density at radius 1 is 1.27 bits per heavy atom. The van der Waals surface area contributed by atoms with Crippen molar-refractivity contribution in [2.75, 3.05) is 26.2 Å². The lowest BCUT2D eigenvalue weighted by atomic mass is 9.95. The Bertz CT molecular complexity index is 949. The minimum atomic E-state index is -2.97. The van der Waals surface area contributed by atoms with E-state index in [1.54, 1.807) is 15.8 Å². The molecule has 0 aliphatic carbocycles. The second-order valence-electron chi connectivity index (χ2n) is 7.85. The van der Waals surface area contributed by atoms with E-state index >= 15 is 0 Å². The molecule has 1 aromatic carbocycles. The van der Waals surface area contributed by atoms with Crippen LogP contribution in [0, 0.1) is 0 Å². The van der Waals surface area contributed by atoms with E-state index in [0.29, 0.717) is 30.8 Å². The quantitative estimate of drug-likeness (QED) is 0.671. The first kappa shape index (κ1) is 20.5. The molecule has 30 heavy (non-hydrogen) atoms. The molecule has 2 aliphatic rings. The predicted molar refractivity (Wildman–Crippen MR) is 110 cm³/mol. The zero-order valence-corrected chi connectivity index (χ0v) is 16.9. The van der Waals surface area contributed by atoms with Crippen molar-refractivity contribution in [2.45, 2.75) is 25.3 Å². The smallest absolute Gasteiger partial charge is 0.277 e. The lowest BCUT2D eigenvalue weighted by molar-refractivity contribution is -0.118. The molecule has 1 aromatic heterocycles. The van der Waals surface area contributed by atoms with Crippen LogP contribution in [0.4, 0.5) is 8.78 Å². The summed E-state index contributed by atoms with van der Waals surface area (Å²) in [7, 11) is 1.84. The summed E-state index contributed by atoms with van der Waals surface area (Å²) in [6.07, 6.45) is 7.05. The van der Waals surface area contributed by atoms with Gasteiger partial charge in [0.15, 0.2) is 0 Å². The molecular formula is C21H26F2N6O. The van der Waals surface area contributed by atoms with Crippen LogP contribution in [0.25, 0.3) is 16.7 Å². The summed E-state index contributed by atoms with van der Waals surface area (Å²) in [5.74, 6) is -3.51. The van der Waals surface area contributed by atoms with Crippen LogP contribution in [0.15, 0.2) is 36.8 Å². The van der Waals surface area contributed by atoms with Gasteiger partial charge >= 0.3 is 0 Å². The second-order valence-corrected chi connectivity index (χ2v) is 7.85. The van der Waals surface area contributed by atoms with Gasteiger partial charge in [-0.15, -0.1) is 0 Å². The number of aromatic nitrogens is 2. The molecule has 160 valence electrons. The fourth-order valence-electron chi connectivity index (χ4n) is 3.89. The Balaban J connectivity index is 1.51. The highest BCUT2D eigenvalue weighted by atomic mass is 19.3. The van der Waals surface area contributed by atoms with Gasteiger partial charge in [0.25, 0.3) is 11.8 Å². The molecular weight excluding hydrogens is 390 g/mol. The summed E-state index contributed by atoms with van der Waals surface area (Å²) in [6.45, 7) is 0.864. The molecule has 2 aromatic rings. The van der Waals surface area contributed by atoms with Gasteiger partial charge in [-0.25, -0.2) is 14.2 Å². The van der Waals surface area contributed by atoms with Gasteiger partial charge in [-0.05, 0) is 48.7 Å². The first-order chi connectivity index (χ1) is 14.4. The first-order valence-corrected chi connectivity index (χ1v) is 10.1.